The first-order chi connectivity index (χ1) is 15.8. The zero-order chi connectivity index (χ0) is 24.0. The molecule has 2 aromatic rings. The number of aryl methyl sites for hydroxylation is 1. The molecule has 11 nitrogen and oxygen atoms in total. The Hall–Kier alpha value is -2.64. The summed E-state index contributed by atoms with van der Waals surface area (Å²) in [6, 6.07) is 6.21. The number of aromatic nitrogens is 1. The molecule has 0 amide bonds. The fourth-order valence-corrected chi connectivity index (χ4v) is 5.75. The minimum atomic E-state index is -4.06. The minimum absolute atomic E-state index is 0.0848. The third-order valence-corrected chi connectivity index (χ3v) is 7.53. The van der Waals surface area contributed by atoms with E-state index in [0.29, 0.717) is 25.2 Å². The zero-order valence-electron chi connectivity index (χ0n) is 18.5. The molecule has 1 fully saturated rings. The van der Waals surface area contributed by atoms with Gasteiger partial charge in [0.1, 0.15) is 4.90 Å². The highest BCUT2D eigenvalue weighted by Crippen LogP contribution is 2.35. The summed E-state index contributed by atoms with van der Waals surface area (Å²) in [7, 11) is -4.06. The molecule has 33 heavy (non-hydrogen) atoms. The molecule has 1 aromatic carbocycles. The second kappa shape index (κ2) is 11.0. The van der Waals surface area contributed by atoms with Gasteiger partial charge in [0.2, 0.25) is 10.0 Å². The summed E-state index contributed by atoms with van der Waals surface area (Å²) in [4.78, 5) is 18.3. The van der Waals surface area contributed by atoms with Gasteiger partial charge in [-0.3, -0.25) is 20.0 Å². The number of hydrogen-bond acceptors (Lipinski definition) is 9. The fraction of sp³-hybridized carbons (Fsp3) is 0.476. The molecule has 0 unspecified atom stereocenters. The number of sulfonamides is 1. The van der Waals surface area contributed by atoms with Crippen molar-refractivity contribution in [3.05, 3.63) is 57.9 Å². The quantitative estimate of drug-likeness (QED) is 0.370. The SMILES string of the molecule is Cc1cc([N+](=O)[O-])cc(S(=O)(=O)N2CCN(Cc3ccncc3)CC2)c1N(CCO)CCO. The number of nitrogens with zero attached hydrogens (tertiary/aromatic N) is 5. The molecular formula is C21H29N5O6S. The molecule has 180 valence electrons. The number of non-ortho nitro benzene ring substituents is 1. The van der Waals surface area contributed by atoms with E-state index in [9.17, 15) is 28.7 Å². The van der Waals surface area contributed by atoms with Crippen molar-refractivity contribution >= 4 is 21.4 Å². The van der Waals surface area contributed by atoms with Crippen LogP contribution in [0.1, 0.15) is 11.1 Å². The first-order valence-electron chi connectivity index (χ1n) is 10.6. The summed E-state index contributed by atoms with van der Waals surface area (Å²) >= 11 is 0. The first kappa shape index (κ1) is 25.0. The smallest absolute Gasteiger partial charge is 0.271 e. The summed E-state index contributed by atoms with van der Waals surface area (Å²) in [6.45, 7) is 3.44. The van der Waals surface area contributed by atoms with Crippen molar-refractivity contribution in [2.45, 2.75) is 18.4 Å². The summed E-state index contributed by atoms with van der Waals surface area (Å²) in [5.41, 5.74) is 1.42. The van der Waals surface area contributed by atoms with E-state index in [1.54, 1.807) is 24.2 Å². The maximum absolute atomic E-state index is 13.6. The number of nitro benzene ring substituents is 1. The molecule has 0 bridgehead atoms. The average molecular weight is 480 g/mol. The van der Waals surface area contributed by atoms with Gasteiger partial charge in [0.05, 0.1) is 23.8 Å². The number of nitro groups is 1. The highest BCUT2D eigenvalue weighted by molar-refractivity contribution is 7.89. The van der Waals surface area contributed by atoms with Gasteiger partial charge in [0, 0.05) is 70.3 Å². The Morgan fingerprint density at radius 3 is 2.24 bits per heavy atom. The average Bonchev–Trinajstić information content (AvgIpc) is 2.79. The third-order valence-electron chi connectivity index (χ3n) is 5.62. The van der Waals surface area contributed by atoms with Crippen LogP contribution < -0.4 is 4.90 Å². The van der Waals surface area contributed by atoms with Crippen molar-refractivity contribution < 1.29 is 23.6 Å². The molecule has 1 saturated heterocycles. The zero-order valence-corrected chi connectivity index (χ0v) is 19.3. The summed E-state index contributed by atoms with van der Waals surface area (Å²) in [5.74, 6) is 0. The maximum Gasteiger partial charge on any atom is 0.271 e. The Morgan fingerprint density at radius 2 is 1.70 bits per heavy atom. The van der Waals surface area contributed by atoms with Crippen molar-refractivity contribution in [2.75, 3.05) is 57.4 Å². The lowest BCUT2D eigenvalue weighted by atomic mass is 10.1. The molecule has 1 aliphatic rings. The minimum Gasteiger partial charge on any atom is -0.395 e. The van der Waals surface area contributed by atoms with E-state index in [-0.39, 0.29) is 55.7 Å². The standard InChI is InChI=1S/C21H29N5O6S/c1-17-14-19(26(29)30)15-20(21(17)24(10-12-27)11-13-28)33(31,32)25-8-6-23(7-9-25)16-18-2-4-22-5-3-18/h2-5,14-15,27-28H,6-13,16H2,1H3. The molecule has 12 heteroatoms. The number of hydrogen-bond donors (Lipinski definition) is 2. The van der Waals surface area contributed by atoms with E-state index in [4.69, 9.17) is 0 Å². The summed E-state index contributed by atoms with van der Waals surface area (Å²) in [6.07, 6.45) is 3.43. The molecule has 2 N–H and O–H groups in total. The highest BCUT2D eigenvalue weighted by atomic mass is 32.2. The summed E-state index contributed by atoms with van der Waals surface area (Å²) in [5, 5.41) is 30.4. The predicted octanol–water partition coefficient (Wildman–Crippen LogP) is 0.596. The normalized spacial score (nSPS) is 15.5. The number of piperazine rings is 1. The van der Waals surface area contributed by atoms with Crippen molar-refractivity contribution in [2.24, 2.45) is 0 Å². The van der Waals surface area contributed by atoms with E-state index < -0.39 is 14.9 Å². The number of aliphatic hydroxyl groups excluding tert-OH is 2. The molecule has 0 aliphatic carbocycles. The number of anilines is 1. The van der Waals surface area contributed by atoms with E-state index in [0.717, 1.165) is 11.6 Å². The lowest BCUT2D eigenvalue weighted by Gasteiger charge is -2.35. The maximum atomic E-state index is 13.6. The topological polar surface area (TPSA) is 140 Å². The van der Waals surface area contributed by atoms with Crippen molar-refractivity contribution in [3.63, 3.8) is 0 Å². The van der Waals surface area contributed by atoms with Crippen molar-refractivity contribution in [1.29, 1.82) is 0 Å². The Labute approximate surface area is 193 Å². The largest absolute Gasteiger partial charge is 0.395 e. The van der Waals surface area contributed by atoms with Crippen molar-refractivity contribution in [1.82, 2.24) is 14.2 Å². The molecule has 1 aromatic heterocycles. The van der Waals surface area contributed by atoms with Gasteiger partial charge in [-0.05, 0) is 30.2 Å². The van der Waals surface area contributed by atoms with E-state index in [2.05, 4.69) is 9.88 Å². The second-order valence-corrected chi connectivity index (χ2v) is 9.74. The van der Waals surface area contributed by atoms with Crippen LogP contribution in [0.15, 0.2) is 41.6 Å². The van der Waals surface area contributed by atoms with Crippen LogP contribution in [0.3, 0.4) is 0 Å². The van der Waals surface area contributed by atoms with Gasteiger partial charge >= 0.3 is 0 Å². The number of aliphatic hydroxyl groups is 2. The molecular weight excluding hydrogens is 450 g/mol. The number of benzene rings is 1. The molecule has 2 heterocycles. The second-order valence-electron chi connectivity index (χ2n) is 7.84. The highest BCUT2D eigenvalue weighted by Gasteiger charge is 2.34. The van der Waals surface area contributed by atoms with Gasteiger partial charge in [-0.25, -0.2) is 8.42 Å². The van der Waals surface area contributed by atoms with Crippen LogP contribution in [0.4, 0.5) is 11.4 Å². The van der Waals surface area contributed by atoms with E-state index in [1.807, 2.05) is 12.1 Å². The molecule has 0 spiro atoms. The third kappa shape index (κ3) is 5.84. The number of rotatable bonds is 10. The fourth-order valence-electron chi connectivity index (χ4n) is 4.03. The van der Waals surface area contributed by atoms with Crippen LogP contribution in [0.2, 0.25) is 0 Å². The van der Waals surface area contributed by atoms with Gasteiger partial charge < -0.3 is 15.1 Å². The summed E-state index contributed by atoms with van der Waals surface area (Å²) < 4.78 is 28.6. The Morgan fingerprint density at radius 1 is 1.09 bits per heavy atom. The predicted molar refractivity (Wildman–Crippen MR) is 122 cm³/mol. The van der Waals surface area contributed by atoms with Crippen molar-refractivity contribution in [3.8, 4) is 0 Å². The molecule has 0 saturated carbocycles. The van der Waals surface area contributed by atoms with Crippen LogP contribution in [-0.2, 0) is 16.6 Å². The molecule has 1 aliphatic heterocycles. The van der Waals surface area contributed by atoms with Crippen LogP contribution in [0, 0.1) is 17.0 Å². The lowest BCUT2D eigenvalue weighted by Crippen LogP contribution is -2.48. The van der Waals surface area contributed by atoms with Gasteiger partial charge in [-0.1, -0.05) is 0 Å². The van der Waals surface area contributed by atoms with E-state index >= 15 is 0 Å². The van der Waals surface area contributed by atoms with Crippen LogP contribution in [0.5, 0.6) is 0 Å². The first-order valence-corrected chi connectivity index (χ1v) is 12.1. The molecule has 0 radical (unpaired) electrons. The Bertz CT molecular complexity index is 1050. The van der Waals surface area contributed by atoms with Gasteiger partial charge in [0.25, 0.3) is 5.69 Å². The van der Waals surface area contributed by atoms with Crippen LogP contribution in [0.25, 0.3) is 0 Å². The Kier molecular flexibility index (Phi) is 8.32. The van der Waals surface area contributed by atoms with E-state index in [1.165, 1.54) is 10.4 Å². The monoisotopic (exact) mass is 479 g/mol. The molecule has 3 rings (SSSR count). The van der Waals surface area contributed by atoms with Crippen LogP contribution >= 0.6 is 0 Å². The Balaban J connectivity index is 1.90. The van der Waals surface area contributed by atoms with Crippen LogP contribution in [-0.4, -0.2) is 90.2 Å². The van der Waals surface area contributed by atoms with Gasteiger partial charge in [-0.2, -0.15) is 4.31 Å². The number of pyridine rings is 1. The molecule has 0 atom stereocenters. The van der Waals surface area contributed by atoms with Gasteiger partial charge in [0.15, 0.2) is 0 Å². The van der Waals surface area contributed by atoms with Gasteiger partial charge in [-0.15, -0.1) is 0 Å². The lowest BCUT2D eigenvalue weighted by molar-refractivity contribution is -0.385.